The first kappa shape index (κ1) is 20.6. The fourth-order valence-electron chi connectivity index (χ4n) is 3.16. The largest absolute Gasteiger partial charge is 0.493 e. The third kappa shape index (κ3) is 4.83. The van der Waals surface area contributed by atoms with Gasteiger partial charge in [-0.1, -0.05) is 6.07 Å². The van der Waals surface area contributed by atoms with Crippen LogP contribution >= 0.6 is 23.1 Å². The van der Waals surface area contributed by atoms with Crippen LogP contribution in [0.2, 0.25) is 0 Å². The Morgan fingerprint density at radius 2 is 1.89 bits per heavy atom. The number of carbonyl (C=O) groups excluding carboxylic acids is 1. The highest BCUT2D eigenvalue weighted by Gasteiger charge is 2.21. The van der Waals surface area contributed by atoms with Crippen molar-refractivity contribution in [1.29, 1.82) is 0 Å². The van der Waals surface area contributed by atoms with Crippen molar-refractivity contribution in [1.82, 2.24) is 4.90 Å². The first-order valence-electron chi connectivity index (χ1n) is 9.08. The molecule has 0 bridgehead atoms. The van der Waals surface area contributed by atoms with Crippen LogP contribution in [0.15, 0.2) is 35.7 Å². The summed E-state index contributed by atoms with van der Waals surface area (Å²) in [4.78, 5) is 16.0. The number of amides is 1. The number of benzene rings is 1. The van der Waals surface area contributed by atoms with Crippen LogP contribution in [-0.2, 0) is 4.79 Å². The van der Waals surface area contributed by atoms with E-state index in [0.29, 0.717) is 22.5 Å². The van der Waals surface area contributed by atoms with Gasteiger partial charge < -0.3 is 19.1 Å². The van der Waals surface area contributed by atoms with E-state index in [1.165, 1.54) is 4.88 Å². The normalized spacial score (nSPS) is 17.4. The fraction of sp³-hybridized carbons (Fsp3) is 0.381. The van der Waals surface area contributed by atoms with Crippen LogP contribution < -0.4 is 14.2 Å². The molecular formula is C21H25NO4S2. The van der Waals surface area contributed by atoms with E-state index in [1.54, 1.807) is 44.8 Å². The molecule has 1 aromatic carbocycles. The zero-order valence-electron chi connectivity index (χ0n) is 16.3. The average molecular weight is 420 g/mol. The molecule has 2 aromatic rings. The zero-order valence-corrected chi connectivity index (χ0v) is 18.0. The second-order valence-corrected chi connectivity index (χ2v) is 8.57. The Kier molecular flexibility index (Phi) is 7.28. The molecule has 1 unspecified atom stereocenters. The maximum atomic E-state index is 12.7. The summed E-state index contributed by atoms with van der Waals surface area (Å²) in [6.07, 6.45) is 4.40. The van der Waals surface area contributed by atoms with Gasteiger partial charge in [-0.2, -0.15) is 11.8 Å². The van der Waals surface area contributed by atoms with Crippen molar-refractivity contribution in [3.8, 4) is 17.2 Å². The van der Waals surface area contributed by atoms with Gasteiger partial charge in [-0.3, -0.25) is 4.79 Å². The molecule has 3 rings (SSSR count). The molecule has 2 heterocycles. The van der Waals surface area contributed by atoms with Gasteiger partial charge in [0.15, 0.2) is 11.5 Å². The molecule has 0 saturated carbocycles. The van der Waals surface area contributed by atoms with Crippen LogP contribution in [0.4, 0.5) is 0 Å². The molecule has 0 N–H and O–H groups in total. The van der Waals surface area contributed by atoms with Crippen molar-refractivity contribution in [3.63, 3.8) is 0 Å². The Bertz CT molecular complexity index is 795. The molecule has 1 aromatic heterocycles. The molecule has 28 heavy (non-hydrogen) atoms. The molecular weight excluding hydrogens is 394 g/mol. The number of rotatable bonds is 6. The van der Waals surface area contributed by atoms with Gasteiger partial charge >= 0.3 is 0 Å². The summed E-state index contributed by atoms with van der Waals surface area (Å²) in [6, 6.07) is 7.94. The lowest BCUT2D eigenvalue weighted by Crippen LogP contribution is -2.31. The Morgan fingerprint density at radius 1 is 1.14 bits per heavy atom. The highest BCUT2D eigenvalue weighted by atomic mass is 32.2. The van der Waals surface area contributed by atoms with Crippen molar-refractivity contribution in [2.75, 3.05) is 40.2 Å². The predicted octanol–water partition coefficient (Wildman–Crippen LogP) is 4.49. The lowest BCUT2D eigenvalue weighted by molar-refractivity contribution is -0.125. The summed E-state index contributed by atoms with van der Waals surface area (Å²) in [6.45, 7) is 1.54. The predicted molar refractivity (Wildman–Crippen MR) is 116 cm³/mol. The maximum Gasteiger partial charge on any atom is 0.246 e. The summed E-state index contributed by atoms with van der Waals surface area (Å²) in [5.74, 6) is 2.66. The second-order valence-electron chi connectivity index (χ2n) is 6.28. The maximum absolute atomic E-state index is 12.7. The minimum Gasteiger partial charge on any atom is -0.493 e. The zero-order chi connectivity index (χ0) is 19.9. The van der Waals surface area contributed by atoms with Gasteiger partial charge in [0.05, 0.1) is 21.3 Å². The van der Waals surface area contributed by atoms with E-state index in [-0.39, 0.29) is 5.91 Å². The SMILES string of the molecule is COc1cc(/C=C/C(=O)N2CCSC(c3cccs3)CC2)cc(OC)c1OC. The molecule has 0 radical (unpaired) electrons. The van der Waals surface area contributed by atoms with Gasteiger partial charge in [0.1, 0.15) is 0 Å². The molecule has 1 fully saturated rings. The van der Waals surface area contributed by atoms with Gasteiger partial charge in [-0.15, -0.1) is 11.3 Å². The summed E-state index contributed by atoms with van der Waals surface area (Å²) < 4.78 is 16.1. The number of carbonyl (C=O) groups is 1. The average Bonchev–Trinajstić information content (AvgIpc) is 3.15. The molecule has 1 aliphatic heterocycles. The van der Waals surface area contributed by atoms with Crippen molar-refractivity contribution in [3.05, 3.63) is 46.2 Å². The van der Waals surface area contributed by atoms with Crippen LogP contribution in [-0.4, -0.2) is 51.0 Å². The smallest absolute Gasteiger partial charge is 0.246 e. The van der Waals surface area contributed by atoms with Crippen LogP contribution in [0.5, 0.6) is 17.2 Å². The van der Waals surface area contributed by atoms with Gasteiger partial charge in [-0.05, 0) is 41.6 Å². The molecule has 1 amide bonds. The molecule has 1 atom stereocenters. The minimum atomic E-state index is 0.0289. The molecule has 7 heteroatoms. The van der Waals surface area contributed by atoms with Gasteiger partial charge in [-0.25, -0.2) is 0 Å². The van der Waals surface area contributed by atoms with Crippen LogP contribution in [0.3, 0.4) is 0 Å². The number of nitrogens with zero attached hydrogens (tertiary/aromatic N) is 1. The van der Waals surface area contributed by atoms with E-state index >= 15 is 0 Å². The van der Waals surface area contributed by atoms with E-state index in [4.69, 9.17) is 14.2 Å². The summed E-state index contributed by atoms with van der Waals surface area (Å²) in [5.41, 5.74) is 0.823. The Hall–Kier alpha value is -2.12. The standard InChI is InChI=1S/C21H25NO4S2/c1-24-16-13-15(14-17(25-2)21(16)26-3)6-7-20(23)22-9-8-19(28-12-10-22)18-5-4-11-27-18/h4-7,11,13-14,19H,8-10,12H2,1-3H3/b7-6+. The Morgan fingerprint density at radius 3 is 2.50 bits per heavy atom. The first-order chi connectivity index (χ1) is 13.7. The quantitative estimate of drug-likeness (QED) is 0.646. The summed E-state index contributed by atoms with van der Waals surface area (Å²) >= 11 is 3.73. The third-order valence-electron chi connectivity index (χ3n) is 4.62. The molecule has 0 aliphatic carbocycles. The Labute approximate surface area is 174 Å². The monoisotopic (exact) mass is 419 g/mol. The number of ether oxygens (including phenoxy) is 3. The van der Waals surface area contributed by atoms with Crippen LogP contribution in [0.1, 0.15) is 22.1 Å². The first-order valence-corrected chi connectivity index (χ1v) is 11.0. The van der Waals surface area contributed by atoms with Crippen molar-refractivity contribution < 1.29 is 19.0 Å². The van der Waals surface area contributed by atoms with E-state index in [2.05, 4.69) is 17.5 Å². The van der Waals surface area contributed by atoms with Crippen molar-refractivity contribution >= 4 is 35.1 Å². The lowest BCUT2D eigenvalue weighted by Gasteiger charge is -2.18. The van der Waals surface area contributed by atoms with E-state index in [1.807, 2.05) is 28.8 Å². The van der Waals surface area contributed by atoms with E-state index in [0.717, 1.165) is 30.8 Å². The summed E-state index contributed by atoms with van der Waals surface area (Å²) in [5, 5.41) is 2.60. The number of hydrogen-bond donors (Lipinski definition) is 0. The molecule has 150 valence electrons. The minimum absolute atomic E-state index is 0.0289. The van der Waals surface area contributed by atoms with E-state index in [9.17, 15) is 4.79 Å². The number of thioether (sulfide) groups is 1. The van der Waals surface area contributed by atoms with Gasteiger partial charge in [0.25, 0.3) is 0 Å². The molecule has 5 nitrogen and oxygen atoms in total. The number of methoxy groups -OCH3 is 3. The highest BCUT2D eigenvalue weighted by Crippen LogP contribution is 2.39. The van der Waals surface area contributed by atoms with Crippen LogP contribution in [0.25, 0.3) is 6.08 Å². The topological polar surface area (TPSA) is 48.0 Å². The number of thiophene rings is 1. The lowest BCUT2D eigenvalue weighted by atomic mass is 10.1. The third-order valence-corrected chi connectivity index (χ3v) is 7.06. The molecule has 0 spiro atoms. The van der Waals surface area contributed by atoms with Crippen molar-refractivity contribution in [2.45, 2.75) is 11.7 Å². The van der Waals surface area contributed by atoms with E-state index < -0.39 is 0 Å². The molecule has 1 saturated heterocycles. The van der Waals surface area contributed by atoms with Gasteiger partial charge in [0.2, 0.25) is 11.7 Å². The van der Waals surface area contributed by atoms with Gasteiger partial charge in [0, 0.05) is 35.0 Å². The number of hydrogen-bond acceptors (Lipinski definition) is 6. The summed E-state index contributed by atoms with van der Waals surface area (Å²) in [7, 11) is 4.73. The van der Waals surface area contributed by atoms with Crippen LogP contribution in [0, 0.1) is 0 Å². The Balaban J connectivity index is 1.68. The fourth-order valence-corrected chi connectivity index (χ4v) is 5.40. The highest BCUT2D eigenvalue weighted by molar-refractivity contribution is 7.99. The second kappa shape index (κ2) is 9.89. The van der Waals surface area contributed by atoms with Crippen molar-refractivity contribution in [2.24, 2.45) is 0 Å². The molecule has 1 aliphatic rings.